The second kappa shape index (κ2) is 6.16. The summed E-state index contributed by atoms with van der Waals surface area (Å²) in [6.07, 6.45) is 5.19. The molecule has 2 saturated heterocycles. The molecule has 4 N–H and O–H groups in total. The average molecular weight is 369 g/mol. The van der Waals surface area contributed by atoms with Crippen LogP contribution in [0.25, 0.3) is 0 Å². The molecule has 0 radical (unpaired) electrons. The van der Waals surface area contributed by atoms with E-state index in [1.807, 2.05) is 13.8 Å². The zero-order valence-corrected chi connectivity index (χ0v) is 15.8. The minimum Gasteiger partial charge on any atom is -0.480 e. The zero-order chi connectivity index (χ0) is 18.6. The van der Waals surface area contributed by atoms with Gasteiger partial charge in [0.25, 0.3) is 0 Å². The largest absolute Gasteiger partial charge is 0.480 e. The molecule has 2 amide bonds. The van der Waals surface area contributed by atoms with Crippen LogP contribution < -0.4 is 11.1 Å². The van der Waals surface area contributed by atoms with Gasteiger partial charge in [-0.3, -0.25) is 9.59 Å². The minimum absolute atomic E-state index is 0.118. The maximum absolute atomic E-state index is 12.7. The van der Waals surface area contributed by atoms with Crippen LogP contribution in [0.15, 0.2) is 0 Å². The smallest absolute Gasteiger partial charge is 0.327 e. The number of nitrogens with one attached hydrogen (secondary N) is 1. The second-order valence-electron chi connectivity index (χ2n) is 8.17. The Bertz CT molecular complexity index is 601. The summed E-state index contributed by atoms with van der Waals surface area (Å²) in [5, 5.41) is 11.9. The van der Waals surface area contributed by atoms with Gasteiger partial charge >= 0.3 is 5.97 Å². The quantitative estimate of drug-likeness (QED) is 0.635. The number of hydrogen-bond donors (Lipinski definition) is 3. The molecule has 0 spiro atoms. The second-order valence-corrected chi connectivity index (χ2v) is 9.94. The summed E-state index contributed by atoms with van der Waals surface area (Å²) >= 11 is 1.42. The monoisotopic (exact) mass is 369 g/mol. The fourth-order valence-corrected chi connectivity index (χ4v) is 5.96. The highest BCUT2D eigenvalue weighted by atomic mass is 32.2. The van der Waals surface area contributed by atoms with Crippen molar-refractivity contribution < 1.29 is 19.5 Å². The molecular formula is C17H27N3O4S. The number of thioether (sulfide) groups is 1. The SMILES string of the molecule is CC(N)(C(=O)N[C@@H]1C(=O)N2[C@@H]1SC(C)(C)[C@@H]2C(=O)O)C1CCCCC1. The van der Waals surface area contributed by atoms with Gasteiger partial charge in [0.1, 0.15) is 17.5 Å². The van der Waals surface area contributed by atoms with Gasteiger partial charge in [0.05, 0.1) is 5.54 Å². The molecule has 0 bridgehead atoms. The molecule has 1 saturated carbocycles. The van der Waals surface area contributed by atoms with Crippen LogP contribution >= 0.6 is 11.8 Å². The van der Waals surface area contributed by atoms with E-state index >= 15 is 0 Å². The number of carboxylic acid groups (broad SMARTS) is 1. The van der Waals surface area contributed by atoms with E-state index in [1.165, 1.54) is 23.1 Å². The molecule has 25 heavy (non-hydrogen) atoms. The Morgan fingerprint density at radius 1 is 1.32 bits per heavy atom. The number of amides is 2. The maximum atomic E-state index is 12.7. The first-order chi connectivity index (χ1) is 11.6. The molecule has 3 aliphatic rings. The van der Waals surface area contributed by atoms with E-state index in [4.69, 9.17) is 5.73 Å². The lowest BCUT2D eigenvalue weighted by Gasteiger charge is -2.45. The summed E-state index contributed by atoms with van der Waals surface area (Å²) in [6.45, 7) is 5.37. The topological polar surface area (TPSA) is 113 Å². The standard InChI is InChI=1S/C17H27N3O4S/c1-16(2)11(14(22)23)20-12(21)10(13(20)25-16)19-15(24)17(3,18)9-7-5-4-6-8-9/h9-11,13H,4-8,18H2,1-3H3,(H,19,24)(H,22,23)/t10-,11+,13-,17?/m1/s1. The van der Waals surface area contributed by atoms with Gasteiger partial charge in [-0.05, 0) is 39.5 Å². The highest BCUT2D eigenvalue weighted by Gasteiger charge is 2.64. The van der Waals surface area contributed by atoms with Crippen molar-refractivity contribution in [2.75, 3.05) is 0 Å². The van der Waals surface area contributed by atoms with Crippen LogP contribution in [0.2, 0.25) is 0 Å². The maximum Gasteiger partial charge on any atom is 0.327 e. The van der Waals surface area contributed by atoms with Gasteiger partial charge in [-0.15, -0.1) is 11.8 Å². The zero-order valence-electron chi connectivity index (χ0n) is 14.9. The molecule has 8 heteroatoms. The molecule has 0 aromatic carbocycles. The van der Waals surface area contributed by atoms with Gasteiger partial charge in [-0.25, -0.2) is 4.79 Å². The molecule has 1 unspecified atom stereocenters. The van der Waals surface area contributed by atoms with Crippen molar-refractivity contribution in [2.45, 2.75) is 80.6 Å². The van der Waals surface area contributed by atoms with Crippen molar-refractivity contribution in [3.05, 3.63) is 0 Å². The number of hydrogen-bond acceptors (Lipinski definition) is 5. The molecule has 0 aromatic rings. The van der Waals surface area contributed by atoms with Crippen molar-refractivity contribution in [3.8, 4) is 0 Å². The van der Waals surface area contributed by atoms with E-state index < -0.39 is 28.3 Å². The van der Waals surface area contributed by atoms with E-state index in [0.29, 0.717) is 0 Å². The van der Waals surface area contributed by atoms with Gasteiger partial charge in [0, 0.05) is 4.75 Å². The highest BCUT2D eigenvalue weighted by molar-refractivity contribution is 8.01. The van der Waals surface area contributed by atoms with E-state index in [2.05, 4.69) is 5.32 Å². The minimum atomic E-state index is -1.01. The summed E-state index contributed by atoms with van der Waals surface area (Å²) in [7, 11) is 0. The summed E-state index contributed by atoms with van der Waals surface area (Å²) in [4.78, 5) is 38.1. The van der Waals surface area contributed by atoms with Gasteiger partial charge in [-0.1, -0.05) is 19.3 Å². The van der Waals surface area contributed by atoms with Crippen LogP contribution in [-0.4, -0.2) is 55.5 Å². The van der Waals surface area contributed by atoms with E-state index in [0.717, 1.165) is 25.7 Å². The number of nitrogens with zero attached hydrogens (tertiary/aromatic N) is 1. The van der Waals surface area contributed by atoms with Crippen LogP contribution in [0.1, 0.15) is 52.9 Å². The molecule has 4 atom stereocenters. The fraction of sp³-hybridized carbons (Fsp3) is 0.824. The van der Waals surface area contributed by atoms with E-state index in [-0.39, 0.29) is 23.1 Å². The van der Waals surface area contributed by atoms with Crippen molar-refractivity contribution in [2.24, 2.45) is 11.7 Å². The van der Waals surface area contributed by atoms with Crippen molar-refractivity contribution in [1.29, 1.82) is 0 Å². The summed E-state index contributed by atoms with van der Waals surface area (Å²) in [6, 6.07) is -1.56. The number of nitrogens with two attached hydrogens (primary N) is 1. The Labute approximate surface area is 152 Å². The molecule has 0 aromatic heterocycles. The number of fused-ring (bicyclic) bond motifs is 1. The lowest BCUT2D eigenvalue weighted by atomic mass is 9.75. The Morgan fingerprint density at radius 2 is 1.92 bits per heavy atom. The number of carboxylic acids is 1. The number of carbonyl (C=O) groups excluding carboxylic acids is 2. The highest BCUT2D eigenvalue weighted by Crippen LogP contribution is 2.50. The third-order valence-electron chi connectivity index (χ3n) is 5.90. The first-order valence-corrected chi connectivity index (χ1v) is 9.78. The Morgan fingerprint density at radius 3 is 2.48 bits per heavy atom. The summed E-state index contributed by atoms with van der Waals surface area (Å²) in [5.74, 6) is -1.53. The lowest BCUT2D eigenvalue weighted by Crippen LogP contribution is -2.73. The average Bonchev–Trinajstić information content (AvgIpc) is 2.81. The normalized spacial score (nSPS) is 34.0. The summed E-state index contributed by atoms with van der Waals surface area (Å²) < 4.78 is -0.596. The van der Waals surface area contributed by atoms with Crippen molar-refractivity contribution >= 4 is 29.5 Å². The molecule has 2 aliphatic heterocycles. The number of rotatable bonds is 4. The third-order valence-corrected chi connectivity index (χ3v) is 7.48. The molecule has 140 valence electrons. The first kappa shape index (κ1) is 18.5. The van der Waals surface area contributed by atoms with Crippen LogP contribution in [0.4, 0.5) is 0 Å². The molecule has 3 fully saturated rings. The third kappa shape index (κ3) is 2.93. The van der Waals surface area contributed by atoms with Crippen molar-refractivity contribution in [1.82, 2.24) is 10.2 Å². The van der Waals surface area contributed by atoms with Crippen molar-refractivity contribution in [3.63, 3.8) is 0 Å². The fourth-order valence-electron chi connectivity index (χ4n) is 4.33. The van der Waals surface area contributed by atoms with Gasteiger partial charge < -0.3 is 21.1 Å². The van der Waals surface area contributed by atoms with Crippen LogP contribution in [0.3, 0.4) is 0 Å². The molecule has 1 aliphatic carbocycles. The molecule has 2 heterocycles. The molecule has 7 nitrogen and oxygen atoms in total. The number of β-lactam (4-membered cyclic amide) rings is 1. The predicted molar refractivity (Wildman–Crippen MR) is 94.8 cm³/mol. The predicted octanol–water partition coefficient (Wildman–Crippen LogP) is 0.916. The van der Waals surface area contributed by atoms with Crippen LogP contribution in [-0.2, 0) is 14.4 Å². The Kier molecular flexibility index (Phi) is 4.56. The van der Waals surface area contributed by atoms with Crippen LogP contribution in [0.5, 0.6) is 0 Å². The molecular weight excluding hydrogens is 342 g/mol. The Hall–Kier alpha value is -1.28. The van der Waals surface area contributed by atoms with Gasteiger partial charge in [0.2, 0.25) is 11.8 Å². The number of carbonyl (C=O) groups is 3. The van der Waals surface area contributed by atoms with Gasteiger partial charge in [-0.2, -0.15) is 0 Å². The number of aliphatic carboxylic acids is 1. The van der Waals surface area contributed by atoms with Crippen LogP contribution in [0, 0.1) is 5.92 Å². The summed E-state index contributed by atoms with van der Waals surface area (Å²) in [5.41, 5.74) is 5.33. The molecule has 3 rings (SSSR count). The van der Waals surface area contributed by atoms with E-state index in [9.17, 15) is 19.5 Å². The van der Waals surface area contributed by atoms with Gasteiger partial charge in [0.15, 0.2) is 0 Å². The van der Waals surface area contributed by atoms with E-state index in [1.54, 1.807) is 6.92 Å². The Balaban J connectivity index is 1.69. The lowest BCUT2D eigenvalue weighted by molar-refractivity contribution is -0.161. The first-order valence-electron chi connectivity index (χ1n) is 8.90.